The minimum atomic E-state index is -1.73. The highest BCUT2D eigenvalue weighted by atomic mass is 16.4. The van der Waals surface area contributed by atoms with Gasteiger partial charge in [-0.3, -0.25) is 19.2 Å². The number of aliphatic carboxylic acids is 1. The maximum absolute atomic E-state index is 13.3. The lowest BCUT2D eigenvalue weighted by Gasteiger charge is -2.30. The Morgan fingerprint density at radius 2 is 1.60 bits per heavy atom. The van der Waals surface area contributed by atoms with Crippen molar-refractivity contribution in [3.8, 4) is 0 Å². The highest BCUT2D eigenvalue weighted by molar-refractivity contribution is 5.94. The van der Waals surface area contributed by atoms with Crippen molar-refractivity contribution >= 4 is 23.7 Å². The van der Waals surface area contributed by atoms with E-state index in [1.54, 1.807) is 12.1 Å². The van der Waals surface area contributed by atoms with E-state index >= 15 is 0 Å². The minimum absolute atomic E-state index is 0.0143. The number of rotatable bonds is 15. The molecule has 0 aliphatic heterocycles. The Morgan fingerprint density at radius 1 is 0.971 bits per heavy atom. The molecule has 0 fully saturated rings. The number of hydrogen-bond acceptors (Lipinski definition) is 5. The molecule has 1 aromatic rings. The predicted molar refractivity (Wildman–Crippen MR) is 133 cm³/mol. The summed E-state index contributed by atoms with van der Waals surface area (Å²) in [7, 11) is 0. The third-order valence-corrected chi connectivity index (χ3v) is 5.31. The Kier molecular flexibility index (Phi) is 12.2. The fourth-order valence-electron chi connectivity index (χ4n) is 3.80. The first kappa shape index (κ1) is 29.8. The van der Waals surface area contributed by atoms with Gasteiger partial charge >= 0.3 is 5.97 Å². The Labute approximate surface area is 207 Å². The molecule has 0 heterocycles. The number of hydrogen-bond donors (Lipinski definition) is 5. The zero-order valence-corrected chi connectivity index (χ0v) is 21.0. The first-order valence-corrected chi connectivity index (χ1v) is 11.9. The van der Waals surface area contributed by atoms with Gasteiger partial charge in [-0.15, -0.1) is 6.58 Å². The molecule has 0 aliphatic carbocycles. The molecule has 0 radical (unpaired) electrons. The van der Waals surface area contributed by atoms with Crippen molar-refractivity contribution in [1.82, 2.24) is 16.0 Å². The van der Waals surface area contributed by atoms with Crippen LogP contribution in [0.2, 0.25) is 0 Å². The van der Waals surface area contributed by atoms with Gasteiger partial charge in [0, 0.05) is 12.8 Å². The van der Waals surface area contributed by atoms with Gasteiger partial charge in [0.05, 0.1) is 0 Å². The second-order valence-electron chi connectivity index (χ2n) is 9.64. The van der Waals surface area contributed by atoms with E-state index in [4.69, 9.17) is 5.11 Å². The molecule has 194 valence electrons. The van der Waals surface area contributed by atoms with Gasteiger partial charge in [0.2, 0.25) is 11.8 Å². The zero-order chi connectivity index (χ0) is 26.6. The monoisotopic (exact) mass is 489 g/mol. The molecule has 1 aromatic carbocycles. The molecule has 1 rings (SSSR count). The topological polar surface area (TPSA) is 145 Å². The van der Waals surface area contributed by atoms with Crippen LogP contribution < -0.4 is 16.0 Å². The Hall–Kier alpha value is -3.20. The summed E-state index contributed by atoms with van der Waals surface area (Å²) in [6.07, 6.45) is 2.06. The molecule has 0 saturated heterocycles. The molecule has 0 aromatic heterocycles. The molecular formula is C26H39N3O6. The minimum Gasteiger partial charge on any atom is -0.480 e. The average Bonchev–Trinajstić information content (AvgIpc) is 2.76. The van der Waals surface area contributed by atoms with Gasteiger partial charge in [-0.2, -0.15) is 0 Å². The predicted octanol–water partition coefficient (Wildman–Crippen LogP) is 1.80. The Balaban J connectivity index is 3.17. The molecule has 3 amide bonds. The summed E-state index contributed by atoms with van der Waals surface area (Å²) in [6.45, 7) is 10.5. The van der Waals surface area contributed by atoms with Gasteiger partial charge in [0.15, 0.2) is 0 Å². The molecule has 3 atom stereocenters. The highest BCUT2D eigenvalue weighted by Crippen LogP contribution is 2.22. The lowest BCUT2D eigenvalue weighted by Crippen LogP contribution is -2.58. The molecule has 0 spiro atoms. The van der Waals surface area contributed by atoms with Crippen molar-refractivity contribution < 1.29 is 29.4 Å². The van der Waals surface area contributed by atoms with Crippen molar-refractivity contribution in [2.24, 2.45) is 11.8 Å². The summed E-state index contributed by atoms with van der Waals surface area (Å²) in [5.74, 6) is -3.08. The van der Waals surface area contributed by atoms with Gasteiger partial charge in [-0.25, -0.2) is 0 Å². The second-order valence-corrected chi connectivity index (χ2v) is 9.64. The first-order chi connectivity index (χ1) is 16.4. The van der Waals surface area contributed by atoms with E-state index in [2.05, 4.69) is 22.5 Å². The van der Waals surface area contributed by atoms with Crippen LogP contribution in [-0.2, 0) is 25.6 Å². The maximum atomic E-state index is 13.3. The third kappa shape index (κ3) is 10.7. The summed E-state index contributed by atoms with van der Waals surface area (Å²) < 4.78 is 0. The summed E-state index contributed by atoms with van der Waals surface area (Å²) >= 11 is 0. The van der Waals surface area contributed by atoms with Crippen LogP contribution in [0, 0.1) is 11.8 Å². The summed E-state index contributed by atoms with van der Waals surface area (Å²) in [5.41, 5.74) is -0.957. The van der Waals surface area contributed by atoms with Gasteiger partial charge < -0.3 is 26.2 Å². The largest absolute Gasteiger partial charge is 0.480 e. The molecular weight excluding hydrogens is 450 g/mol. The average molecular weight is 490 g/mol. The van der Waals surface area contributed by atoms with Crippen molar-refractivity contribution in [2.75, 3.05) is 6.54 Å². The van der Waals surface area contributed by atoms with Crippen LogP contribution in [0.5, 0.6) is 0 Å². The van der Waals surface area contributed by atoms with E-state index < -0.39 is 47.9 Å². The molecule has 5 N–H and O–H groups in total. The fraction of sp³-hybridized carbons (Fsp3) is 0.538. The number of aliphatic hydroxyl groups is 1. The number of amides is 3. The second kappa shape index (κ2) is 14.3. The van der Waals surface area contributed by atoms with Crippen LogP contribution in [0.3, 0.4) is 0 Å². The van der Waals surface area contributed by atoms with Crippen LogP contribution in [0.25, 0.3) is 0 Å². The molecule has 9 nitrogen and oxygen atoms in total. The van der Waals surface area contributed by atoms with Crippen LogP contribution >= 0.6 is 0 Å². The summed E-state index contributed by atoms with van der Waals surface area (Å²) in [6, 6.07) is 6.99. The van der Waals surface area contributed by atoms with E-state index in [9.17, 15) is 24.3 Å². The number of benzene rings is 1. The van der Waals surface area contributed by atoms with Gasteiger partial charge in [0.1, 0.15) is 24.2 Å². The van der Waals surface area contributed by atoms with Crippen LogP contribution in [0.15, 0.2) is 43.0 Å². The van der Waals surface area contributed by atoms with Crippen LogP contribution in [0.1, 0.15) is 52.5 Å². The van der Waals surface area contributed by atoms with Crippen LogP contribution in [-0.4, -0.2) is 58.1 Å². The summed E-state index contributed by atoms with van der Waals surface area (Å²) in [5, 5.41) is 27.5. The number of carbonyl (C=O) groups excluding carboxylic acids is 3. The van der Waals surface area contributed by atoms with Crippen molar-refractivity contribution in [1.29, 1.82) is 0 Å². The SMILES string of the molecule is C=CC[C@](O)(CC(C)C)C(=O)N[C@@H](Cc1ccccc1)C(=O)N[C@@H](CC(C)C)C(=O)NCC(=O)O. The fourth-order valence-corrected chi connectivity index (χ4v) is 3.80. The number of carboxylic acid groups (broad SMARTS) is 1. The number of carboxylic acids is 1. The van der Waals surface area contributed by atoms with Crippen LogP contribution in [0.4, 0.5) is 0 Å². The normalized spacial score (nSPS) is 14.5. The highest BCUT2D eigenvalue weighted by Gasteiger charge is 2.38. The van der Waals surface area contributed by atoms with E-state index in [1.807, 2.05) is 45.9 Å². The van der Waals surface area contributed by atoms with E-state index in [-0.39, 0.29) is 37.5 Å². The molecule has 9 heteroatoms. The quantitative estimate of drug-likeness (QED) is 0.238. The molecule has 0 bridgehead atoms. The molecule has 0 aliphatic rings. The number of nitrogens with one attached hydrogen (secondary N) is 3. The third-order valence-electron chi connectivity index (χ3n) is 5.31. The first-order valence-electron chi connectivity index (χ1n) is 11.9. The lowest BCUT2D eigenvalue weighted by atomic mass is 9.88. The van der Waals surface area contributed by atoms with E-state index in [1.165, 1.54) is 6.08 Å². The molecule has 0 unspecified atom stereocenters. The van der Waals surface area contributed by atoms with Gasteiger partial charge in [-0.05, 0) is 30.2 Å². The zero-order valence-electron chi connectivity index (χ0n) is 21.0. The van der Waals surface area contributed by atoms with Crippen molar-refractivity contribution in [3.05, 3.63) is 48.6 Å². The van der Waals surface area contributed by atoms with E-state index in [0.29, 0.717) is 0 Å². The van der Waals surface area contributed by atoms with Gasteiger partial charge in [0.25, 0.3) is 5.91 Å². The Bertz CT molecular complexity index is 871. The molecule has 0 saturated carbocycles. The summed E-state index contributed by atoms with van der Waals surface area (Å²) in [4.78, 5) is 49.8. The van der Waals surface area contributed by atoms with E-state index in [0.717, 1.165) is 5.56 Å². The maximum Gasteiger partial charge on any atom is 0.322 e. The standard InChI is InChI=1S/C26H39N3O6/c1-6-12-26(35,15-18(4)5)25(34)29-21(14-19-10-8-7-9-11-19)24(33)28-20(13-17(2)3)23(32)27-16-22(30)31/h6-11,17-18,20-21,35H,1,12-16H2,2-5H3,(H,27,32)(H,28,33)(H,29,34)(H,30,31)/t20-,21-,26-/m0/s1. The van der Waals surface area contributed by atoms with Gasteiger partial charge in [-0.1, -0.05) is 64.1 Å². The lowest BCUT2D eigenvalue weighted by molar-refractivity contribution is -0.144. The smallest absolute Gasteiger partial charge is 0.322 e. The Morgan fingerprint density at radius 3 is 2.11 bits per heavy atom. The van der Waals surface area contributed by atoms with Crippen molar-refractivity contribution in [3.63, 3.8) is 0 Å². The van der Waals surface area contributed by atoms with Crippen molar-refractivity contribution in [2.45, 2.75) is 71.1 Å². The molecule has 35 heavy (non-hydrogen) atoms. The number of carbonyl (C=O) groups is 4.